The van der Waals surface area contributed by atoms with Crippen LogP contribution in [0.25, 0.3) is 0 Å². The second-order valence-corrected chi connectivity index (χ2v) is 3.71. The normalized spacial score (nSPS) is 11.2. The molecule has 0 aromatic heterocycles. The number of nitrogens with one attached hydrogen (secondary N) is 1. The molecule has 0 saturated carbocycles. The molecule has 0 radical (unpaired) electrons. The third kappa shape index (κ3) is 4.97. The van der Waals surface area contributed by atoms with Gasteiger partial charge in [-0.2, -0.15) is 0 Å². The topological polar surface area (TPSA) is 42.3 Å². The Morgan fingerprint density at radius 2 is 1.83 bits per heavy atom. The lowest BCUT2D eigenvalue weighted by molar-refractivity contribution is 0.233. The van der Waals surface area contributed by atoms with Crippen molar-refractivity contribution in [2.24, 2.45) is 0 Å². The van der Waals surface area contributed by atoms with Gasteiger partial charge in [-0.3, -0.25) is 0 Å². The van der Waals surface area contributed by atoms with Gasteiger partial charge in [-0.15, -0.1) is 0 Å². The zero-order chi connectivity index (χ0) is 13.2. The summed E-state index contributed by atoms with van der Waals surface area (Å²) in [7, 11) is 3.30. The van der Waals surface area contributed by atoms with Gasteiger partial charge in [0.05, 0.1) is 19.4 Å². The van der Waals surface area contributed by atoms with E-state index in [2.05, 4.69) is 0 Å². The predicted molar refractivity (Wildman–Crippen MR) is 74.6 cm³/mol. The van der Waals surface area contributed by atoms with Crippen LogP contribution in [0.15, 0.2) is 48.6 Å². The van der Waals surface area contributed by atoms with E-state index in [0.29, 0.717) is 12.3 Å². The van der Waals surface area contributed by atoms with Gasteiger partial charge in [0.15, 0.2) is 0 Å². The van der Waals surface area contributed by atoms with Crippen molar-refractivity contribution in [2.45, 2.75) is 6.42 Å². The van der Waals surface area contributed by atoms with E-state index in [-0.39, 0.29) is 0 Å². The molecule has 1 aromatic carbocycles. The Balaban J connectivity index is 2.46. The lowest BCUT2D eigenvalue weighted by Gasteiger charge is -2.01. The maximum absolute atomic E-state index is 7.90. The smallest absolute Gasteiger partial charge is 0.118 e. The highest BCUT2D eigenvalue weighted by atomic mass is 16.5. The maximum Gasteiger partial charge on any atom is 0.118 e. The average Bonchev–Trinajstić information content (AvgIpc) is 2.42. The Hall–Kier alpha value is -1.87. The molecule has 0 aliphatic rings. The summed E-state index contributed by atoms with van der Waals surface area (Å²) in [5, 5.41) is 7.90. The molecule has 3 heteroatoms. The van der Waals surface area contributed by atoms with Crippen molar-refractivity contribution >= 4 is 5.71 Å². The second kappa shape index (κ2) is 8.25. The fourth-order valence-corrected chi connectivity index (χ4v) is 1.39. The van der Waals surface area contributed by atoms with Gasteiger partial charge in [-0.25, -0.2) is 0 Å². The summed E-state index contributed by atoms with van der Waals surface area (Å²) in [6, 6.07) is 7.48. The molecule has 0 heterocycles. The van der Waals surface area contributed by atoms with Crippen LogP contribution in [0.3, 0.4) is 0 Å². The van der Waals surface area contributed by atoms with E-state index in [0.717, 1.165) is 17.7 Å². The van der Waals surface area contributed by atoms with Gasteiger partial charge >= 0.3 is 0 Å². The van der Waals surface area contributed by atoms with Crippen LogP contribution in [0.4, 0.5) is 0 Å². The number of benzene rings is 1. The minimum Gasteiger partial charge on any atom is -0.497 e. The fraction of sp³-hybridized carbons (Fsp3) is 0.267. The quantitative estimate of drug-likeness (QED) is 0.592. The van der Waals surface area contributed by atoms with Crippen molar-refractivity contribution in [1.82, 2.24) is 0 Å². The summed E-state index contributed by atoms with van der Waals surface area (Å²) in [6.07, 6.45) is 8.54. The Labute approximate surface area is 108 Å². The summed E-state index contributed by atoms with van der Waals surface area (Å²) in [5.74, 6) is 0.804. The third-order valence-electron chi connectivity index (χ3n) is 2.39. The highest BCUT2D eigenvalue weighted by molar-refractivity contribution is 6.06. The first kappa shape index (κ1) is 14.2. The van der Waals surface area contributed by atoms with Crippen molar-refractivity contribution in [3.05, 3.63) is 54.1 Å². The number of ether oxygens (including phenoxy) is 2. The van der Waals surface area contributed by atoms with Gasteiger partial charge in [0.2, 0.25) is 0 Å². The van der Waals surface area contributed by atoms with Crippen LogP contribution in [0.1, 0.15) is 12.0 Å². The summed E-state index contributed by atoms with van der Waals surface area (Å²) in [6.45, 7) is 0.629. The lowest BCUT2D eigenvalue weighted by atomic mass is 10.1. The van der Waals surface area contributed by atoms with Crippen molar-refractivity contribution in [1.29, 1.82) is 5.41 Å². The predicted octanol–water partition coefficient (Wildman–Crippen LogP) is 3.21. The molecule has 0 aliphatic heterocycles. The first-order valence-electron chi connectivity index (χ1n) is 5.81. The average molecular weight is 245 g/mol. The Kier molecular flexibility index (Phi) is 6.51. The van der Waals surface area contributed by atoms with Gasteiger partial charge in [0.1, 0.15) is 5.75 Å². The van der Waals surface area contributed by atoms with Crippen molar-refractivity contribution in [3.63, 3.8) is 0 Å². The van der Waals surface area contributed by atoms with Gasteiger partial charge in [0, 0.05) is 7.11 Å². The number of rotatable bonds is 7. The zero-order valence-electron chi connectivity index (χ0n) is 10.8. The molecule has 0 saturated heterocycles. The summed E-state index contributed by atoms with van der Waals surface area (Å²) < 4.78 is 9.97. The summed E-state index contributed by atoms with van der Waals surface area (Å²) >= 11 is 0. The van der Waals surface area contributed by atoms with E-state index >= 15 is 0 Å². The minimum absolute atomic E-state index is 0.498. The monoisotopic (exact) mass is 245 g/mol. The van der Waals surface area contributed by atoms with E-state index in [1.807, 2.05) is 42.5 Å². The number of hydrogen-bond acceptors (Lipinski definition) is 3. The number of hydrogen-bond donors (Lipinski definition) is 1. The minimum atomic E-state index is 0.498. The van der Waals surface area contributed by atoms with Crippen molar-refractivity contribution < 1.29 is 9.47 Å². The molecule has 1 N–H and O–H groups in total. The van der Waals surface area contributed by atoms with Gasteiger partial charge in [-0.1, -0.05) is 18.2 Å². The molecule has 0 amide bonds. The SMILES string of the molecule is COC/C=C\C/C=C/C(=N)c1ccc(OC)cc1. The first-order valence-corrected chi connectivity index (χ1v) is 5.81. The van der Waals surface area contributed by atoms with Gasteiger partial charge < -0.3 is 14.9 Å². The molecule has 0 bridgehead atoms. The van der Waals surface area contributed by atoms with Crippen LogP contribution in [0.5, 0.6) is 5.75 Å². The van der Waals surface area contributed by atoms with Crippen molar-refractivity contribution in [3.8, 4) is 5.75 Å². The molecule has 1 aromatic rings. The van der Waals surface area contributed by atoms with Crippen LogP contribution in [0.2, 0.25) is 0 Å². The van der Waals surface area contributed by atoms with Crippen LogP contribution in [-0.4, -0.2) is 26.5 Å². The molecule has 1 rings (SSSR count). The van der Waals surface area contributed by atoms with Gasteiger partial charge in [0.25, 0.3) is 0 Å². The molecule has 0 fully saturated rings. The van der Waals surface area contributed by atoms with E-state index in [9.17, 15) is 0 Å². The number of methoxy groups -OCH3 is 2. The highest BCUT2D eigenvalue weighted by Crippen LogP contribution is 2.12. The van der Waals surface area contributed by atoms with Gasteiger partial charge in [-0.05, 0) is 42.3 Å². The van der Waals surface area contributed by atoms with Crippen molar-refractivity contribution in [2.75, 3.05) is 20.8 Å². The molecule has 0 unspecified atom stereocenters. The molecular formula is C15H19NO2. The summed E-state index contributed by atoms with van der Waals surface area (Å²) in [5.41, 5.74) is 1.38. The zero-order valence-corrected chi connectivity index (χ0v) is 10.8. The summed E-state index contributed by atoms with van der Waals surface area (Å²) in [4.78, 5) is 0. The van der Waals surface area contributed by atoms with E-state index < -0.39 is 0 Å². The fourth-order valence-electron chi connectivity index (χ4n) is 1.39. The third-order valence-corrected chi connectivity index (χ3v) is 2.39. The van der Waals surface area contributed by atoms with Crippen LogP contribution < -0.4 is 4.74 Å². The molecule has 0 spiro atoms. The molecule has 96 valence electrons. The lowest BCUT2D eigenvalue weighted by Crippen LogP contribution is -1.94. The Morgan fingerprint density at radius 1 is 1.11 bits per heavy atom. The molecule has 0 atom stereocenters. The van der Waals surface area contributed by atoms with Crippen LogP contribution in [-0.2, 0) is 4.74 Å². The second-order valence-electron chi connectivity index (χ2n) is 3.71. The molecule has 18 heavy (non-hydrogen) atoms. The number of allylic oxidation sites excluding steroid dienone is 3. The Morgan fingerprint density at radius 3 is 2.44 bits per heavy atom. The van der Waals surface area contributed by atoms with E-state index in [4.69, 9.17) is 14.9 Å². The Bertz CT molecular complexity index is 419. The maximum atomic E-state index is 7.90. The molecular weight excluding hydrogens is 226 g/mol. The van der Waals surface area contributed by atoms with E-state index in [1.165, 1.54) is 0 Å². The molecule has 3 nitrogen and oxygen atoms in total. The first-order chi connectivity index (χ1) is 8.77. The molecule has 0 aliphatic carbocycles. The standard InChI is InChI=1S/C15H19NO2/c1-17-12-6-4-3-5-7-15(16)13-8-10-14(18-2)11-9-13/h4-11,16H,3,12H2,1-2H3/b6-4-,7-5+,16-15?. The highest BCUT2D eigenvalue weighted by Gasteiger charge is 1.97. The van der Waals surface area contributed by atoms with Crippen LogP contribution in [0, 0.1) is 5.41 Å². The van der Waals surface area contributed by atoms with E-state index in [1.54, 1.807) is 20.3 Å². The largest absolute Gasteiger partial charge is 0.497 e. The van der Waals surface area contributed by atoms with Crippen LogP contribution >= 0.6 is 0 Å².